The molecule has 6 nitrogen and oxygen atoms in total. The van der Waals surface area contributed by atoms with Crippen LogP contribution in [0.15, 0.2) is 134 Å². The van der Waals surface area contributed by atoms with Gasteiger partial charge in [0.05, 0.1) is 0 Å². The first-order valence-electron chi connectivity index (χ1n) is 32.2. The molecule has 0 N–H and O–H groups in total. The zero-order valence-corrected chi connectivity index (χ0v) is 50.6. The topological polar surface area (TPSA) is 78.9 Å². The second-order valence-electron chi connectivity index (χ2n) is 20.9. The van der Waals surface area contributed by atoms with Crippen molar-refractivity contribution in [1.82, 2.24) is 0 Å². The number of unbranched alkanes of at least 4 members (excludes halogenated alkanes) is 24. The van der Waals surface area contributed by atoms with Gasteiger partial charge in [0.15, 0.2) is 6.10 Å². The van der Waals surface area contributed by atoms with Gasteiger partial charge in [0.25, 0.3) is 0 Å². The minimum absolute atomic E-state index is 0.0991. The SMILES string of the molecule is CC/C=C\C/C=C\C/C=C\C/C=C\C/C=C\C/C=C\C/C=C\C/C=C\CCCCC(=O)OCC(COC(=O)CCCCCCCCCCCCCC)OC(=O)CCCCCCCC/C=C\C/C=C\C/C=C\CCCCCCC. The maximum absolute atomic E-state index is 12.9. The van der Waals surface area contributed by atoms with Crippen molar-refractivity contribution >= 4 is 17.9 Å². The highest BCUT2D eigenvalue weighted by molar-refractivity contribution is 5.71. The van der Waals surface area contributed by atoms with Crippen LogP contribution in [-0.4, -0.2) is 37.2 Å². The molecule has 1 atom stereocenters. The lowest BCUT2D eigenvalue weighted by molar-refractivity contribution is -0.167. The first-order chi connectivity index (χ1) is 38.5. The molecule has 78 heavy (non-hydrogen) atoms. The fourth-order valence-electron chi connectivity index (χ4n) is 8.58. The highest BCUT2D eigenvalue weighted by Crippen LogP contribution is 2.15. The van der Waals surface area contributed by atoms with E-state index >= 15 is 0 Å². The number of ether oxygens (including phenoxy) is 3. The molecule has 0 aliphatic carbocycles. The molecule has 0 spiro atoms. The summed E-state index contributed by atoms with van der Waals surface area (Å²) >= 11 is 0. The summed E-state index contributed by atoms with van der Waals surface area (Å²) in [5, 5.41) is 0. The summed E-state index contributed by atoms with van der Waals surface area (Å²) in [6, 6.07) is 0. The molecule has 0 rings (SSSR count). The van der Waals surface area contributed by atoms with Crippen LogP contribution < -0.4 is 0 Å². The molecule has 0 fully saturated rings. The molecular formula is C72H118O6. The van der Waals surface area contributed by atoms with Gasteiger partial charge in [-0.1, -0.05) is 276 Å². The second-order valence-corrected chi connectivity index (χ2v) is 20.9. The molecule has 0 aromatic heterocycles. The lowest BCUT2D eigenvalue weighted by Crippen LogP contribution is -2.30. The first kappa shape index (κ1) is 73.5. The maximum atomic E-state index is 12.9. The third-order valence-corrected chi connectivity index (χ3v) is 13.4. The molecular weight excluding hydrogens is 961 g/mol. The Kier molecular flexibility index (Phi) is 61.4. The molecule has 0 heterocycles. The van der Waals surface area contributed by atoms with Crippen LogP contribution in [0, 0.1) is 0 Å². The van der Waals surface area contributed by atoms with Crippen LogP contribution in [0.3, 0.4) is 0 Å². The summed E-state index contributed by atoms with van der Waals surface area (Å²) in [5.41, 5.74) is 0. The molecule has 0 aliphatic heterocycles. The van der Waals surface area contributed by atoms with E-state index in [-0.39, 0.29) is 31.1 Å². The average Bonchev–Trinajstić information content (AvgIpc) is 3.44. The van der Waals surface area contributed by atoms with Crippen molar-refractivity contribution < 1.29 is 28.6 Å². The second kappa shape index (κ2) is 65.1. The highest BCUT2D eigenvalue weighted by atomic mass is 16.6. The van der Waals surface area contributed by atoms with Gasteiger partial charge >= 0.3 is 17.9 Å². The zero-order chi connectivity index (χ0) is 56.4. The van der Waals surface area contributed by atoms with Gasteiger partial charge in [-0.15, -0.1) is 0 Å². The molecule has 0 amide bonds. The lowest BCUT2D eigenvalue weighted by Gasteiger charge is -2.18. The number of hydrogen-bond acceptors (Lipinski definition) is 6. The standard InChI is InChI=1S/C72H118O6/c1-4-7-10-13-16-19-22-25-27-29-31-33-34-35-36-37-38-40-41-43-45-47-50-53-56-59-62-65-71(74)77-68-69(67-76-70(73)64-61-58-55-52-49-24-21-18-15-12-9-6-3)78-72(75)66-63-60-57-54-51-48-46-44-42-39-32-30-28-26-23-20-17-14-11-8-5-2/h7,10,16,19,23,25-27,30-33,35-36,38,40,42-45,50,53,69H,4-6,8-9,11-15,17-18,20-22,24,28-29,34,37,39,41,46-49,51-52,54-68H2,1-3H3/b10-7-,19-16-,26-23-,27-25-,32-30-,33-31-,36-35-,40-38-,44-42-,45-43-,53-50-. The average molecular weight is 1080 g/mol. The third-order valence-electron chi connectivity index (χ3n) is 13.4. The van der Waals surface area contributed by atoms with Crippen molar-refractivity contribution in [3.63, 3.8) is 0 Å². The summed E-state index contributed by atoms with van der Waals surface area (Å²) < 4.78 is 16.9. The Morgan fingerprint density at radius 2 is 0.500 bits per heavy atom. The first-order valence-corrected chi connectivity index (χ1v) is 32.2. The van der Waals surface area contributed by atoms with E-state index in [0.717, 1.165) is 128 Å². The summed E-state index contributed by atoms with van der Waals surface area (Å²) in [7, 11) is 0. The Balaban J connectivity index is 4.45. The summed E-state index contributed by atoms with van der Waals surface area (Å²) in [6.07, 6.45) is 91.7. The number of carbonyl (C=O) groups excluding carboxylic acids is 3. The molecule has 442 valence electrons. The quantitative estimate of drug-likeness (QED) is 0.0261. The van der Waals surface area contributed by atoms with E-state index in [4.69, 9.17) is 14.2 Å². The van der Waals surface area contributed by atoms with Crippen molar-refractivity contribution in [2.75, 3.05) is 13.2 Å². The van der Waals surface area contributed by atoms with Gasteiger partial charge in [-0.25, -0.2) is 0 Å². The van der Waals surface area contributed by atoms with Crippen LogP contribution in [0.1, 0.15) is 284 Å². The van der Waals surface area contributed by atoms with E-state index in [1.807, 2.05) is 0 Å². The largest absolute Gasteiger partial charge is 0.462 e. The fraction of sp³-hybridized carbons (Fsp3) is 0.653. The van der Waals surface area contributed by atoms with Gasteiger partial charge in [0, 0.05) is 19.3 Å². The van der Waals surface area contributed by atoms with E-state index in [0.29, 0.717) is 25.7 Å². The van der Waals surface area contributed by atoms with Gasteiger partial charge in [-0.2, -0.15) is 0 Å². The highest BCUT2D eigenvalue weighted by Gasteiger charge is 2.19. The summed E-state index contributed by atoms with van der Waals surface area (Å²) in [4.78, 5) is 38.3. The minimum Gasteiger partial charge on any atom is -0.462 e. The molecule has 0 aromatic carbocycles. The number of rotatable bonds is 57. The van der Waals surface area contributed by atoms with Gasteiger partial charge in [-0.05, 0) is 122 Å². The molecule has 0 aliphatic rings. The Bertz CT molecular complexity index is 1670. The fourth-order valence-corrected chi connectivity index (χ4v) is 8.58. The van der Waals surface area contributed by atoms with Gasteiger partial charge in [-0.3, -0.25) is 14.4 Å². The molecule has 0 saturated heterocycles. The number of hydrogen-bond donors (Lipinski definition) is 0. The van der Waals surface area contributed by atoms with E-state index in [1.54, 1.807) is 0 Å². The van der Waals surface area contributed by atoms with Crippen LogP contribution >= 0.6 is 0 Å². The Labute approximate surface area is 481 Å². The lowest BCUT2D eigenvalue weighted by atomic mass is 10.0. The van der Waals surface area contributed by atoms with Crippen LogP contribution in [0.25, 0.3) is 0 Å². The molecule has 0 saturated carbocycles. The third kappa shape index (κ3) is 62.4. The molecule has 6 heteroatoms. The Morgan fingerprint density at radius 1 is 0.269 bits per heavy atom. The van der Waals surface area contributed by atoms with Crippen molar-refractivity contribution in [3.05, 3.63) is 134 Å². The smallest absolute Gasteiger partial charge is 0.306 e. The Morgan fingerprint density at radius 3 is 0.808 bits per heavy atom. The Hall–Kier alpha value is -4.45. The number of carbonyl (C=O) groups is 3. The minimum atomic E-state index is -0.807. The molecule has 0 bridgehead atoms. The van der Waals surface area contributed by atoms with Gasteiger partial charge < -0.3 is 14.2 Å². The normalized spacial score (nSPS) is 13.0. The van der Waals surface area contributed by atoms with Crippen molar-refractivity contribution in [2.45, 2.75) is 290 Å². The molecule has 0 aromatic rings. The van der Waals surface area contributed by atoms with Crippen molar-refractivity contribution in [2.24, 2.45) is 0 Å². The van der Waals surface area contributed by atoms with E-state index in [1.165, 1.54) is 109 Å². The van der Waals surface area contributed by atoms with Crippen molar-refractivity contribution in [3.8, 4) is 0 Å². The van der Waals surface area contributed by atoms with Crippen LogP contribution in [0.4, 0.5) is 0 Å². The van der Waals surface area contributed by atoms with Gasteiger partial charge in [0.2, 0.25) is 0 Å². The molecule has 0 radical (unpaired) electrons. The van der Waals surface area contributed by atoms with Gasteiger partial charge in [0.1, 0.15) is 13.2 Å². The van der Waals surface area contributed by atoms with E-state index in [9.17, 15) is 14.4 Å². The predicted molar refractivity (Wildman–Crippen MR) is 339 cm³/mol. The zero-order valence-electron chi connectivity index (χ0n) is 50.6. The number of allylic oxidation sites excluding steroid dienone is 22. The van der Waals surface area contributed by atoms with E-state index in [2.05, 4.69) is 154 Å². The van der Waals surface area contributed by atoms with Crippen LogP contribution in [0.5, 0.6) is 0 Å². The number of esters is 3. The van der Waals surface area contributed by atoms with Crippen molar-refractivity contribution in [1.29, 1.82) is 0 Å². The molecule has 1 unspecified atom stereocenters. The van der Waals surface area contributed by atoms with Crippen LogP contribution in [0.2, 0.25) is 0 Å². The van der Waals surface area contributed by atoms with E-state index < -0.39 is 6.10 Å². The summed E-state index contributed by atoms with van der Waals surface area (Å²) in [6.45, 7) is 6.47. The maximum Gasteiger partial charge on any atom is 0.306 e. The monoisotopic (exact) mass is 1080 g/mol. The predicted octanol–water partition coefficient (Wildman–Crippen LogP) is 22.2. The summed E-state index contributed by atoms with van der Waals surface area (Å²) in [5.74, 6) is -0.955. The van der Waals surface area contributed by atoms with Crippen LogP contribution in [-0.2, 0) is 28.6 Å².